The SMILES string of the molecule is COCC(CCO)NCc1cccc(O)c1O. The van der Waals surface area contributed by atoms with Crippen LogP contribution in [0.1, 0.15) is 12.0 Å². The number of benzene rings is 1. The summed E-state index contributed by atoms with van der Waals surface area (Å²) in [4.78, 5) is 0. The van der Waals surface area contributed by atoms with Gasteiger partial charge in [-0.3, -0.25) is 0 Å². The number of nitrogens with one attached hydrogen (secondary N) is 1. The zero-order valence-corrected chi connectivity index (χ0v) is 9.89. The maximum atomic E-state index is 9.60. The third-order valence-electron chi connectivity index (χ3n) is 2.52. The van der Waals surface area contributed by atoms with Crippen molar-refractivity contribution in [1.29, 1.82) is 0 Å². The molecule has 0 spiro atoms. The highest BCUT2D eigenvalue weighted by Gasteiger charge is 2.10. The minimum Gasteiger partial charge on any atom is -0.504 e. The van der Waals surface area contributed by atoms with E-state index in [1.54, 1.807) is 19.2 Å². The van der Waals surface area contributed by atoms with Crippen LogP contribution in [0.2, 0.25) is 0 Å². The number of para-hydroxylation sites is 1. The smallest absolute Gasteiger partial charge is 0.161 e. The van der Waals surface area contributed by atoms with Gasteiger partial charge in [0.1, 0.15) is 0 Å². The molecule has 0 aliphatic rings. The molecule has 0 aliphatic heterocycles. The normalized spacial score (nSPS) is 12.6. The number of rotatable bonds is 7. The van der Waals surface area contributed by atoms with Crippen molar-refractivity contribution in [2.45, 2.75) is 19.0 Å². The maximum absolute atomic E-state index is 9.60. The summed E-state index contributed by atoms with van der Waals surface area (Å²) in [6.45, 7) is 0.974. The van der Waals surface area contributed by atoms with Crippen molar-refractivity contribution in [1.82, 2.24) is 5.32 Å². The van der Waals surface area contributed by atoms with Crippen molar-refractivity contribution in [3.63, 3.8) is 0 Å². The van der Waals surface area contributed by atoms with E-state index in [-0.39, 0.29) is 24.1 Å². The van der Waals surface area contributed by atoms with E-state index in [9.17, 15) is 10.2 Å². The molecular formula is C12H19NO4. The van der Waals surface area contributed by atoms with Gasteiger partial charge in [0.05, 0.1) is 6.61 Å². The average molecular weight is 241 g/mol. The summed E-state index contributed by atoms with van der Waals surface area (Å²) in [5, 5.41) is 31.0. The molecule has 0 aromatic heterocycles. The number of ether oxygens (including phenoxy) is 1. The molecule has 0 bridgehead atoms. The van der Waals surface area contributed by atoms with Gasteiger partial charge in [-0.1, -0.05) is 12.1 Å². The minimum absolute atomic E-state index is 0.0201. The molecule has 1 aromatic rings. The first-order valence-electron chi connectivity index (χ1n) is 5.52. The molecule has 5 nitrogen and oxygen atoms in total. The topological polar surface area (TPSA) is 82.0 Å². The van der Waals surface area contributed by atoms with Crippen LogP contribution in [0, 0.1) is 0 Å². The Morgan fingerprint density at radius 2 is 2.12 bits per heavy atom. The maximum Gasteiger partial charge on any atom is 0.161 e. The van der Waals surface area contributed by atoms with E-state index in [4.69, 9.17) is 9.84 Å². The van der Waals surface area contributed by atoms with Gasteiger partial charge in [0.15, 0.2) is 11.5 Å². The van der Waals surface area contributed by atoms with Crippen LogP contribution in [-0.2, 0) is 11.3 Å². The zero-order valence-electron chi connectivity index (χ0n) is 9.89. The Morgan fingerprint density at radius 1 is 1.35 bits per heavy atom. The Morgan fingerprint density at radius 3 is 2.76 bits per heavy atom. The third kappa shape index (κ3) is 4.22. The van der Waals surface area contributed by atoms with E-state index in [1.165, 1.54) is 6.07 Å². The van der Waals surface area contributed by atoms with Crippen LogP contribution in [0.5, 0.6) is 11.5 Å². The van der Waals surface area contributed by atoms with Crippen molar-refractivity contribution >= 4 is 0 Å². The lowest BCUT2D eigenvalue weighted by atomic mass is 10.1. The van der Waals surface area contributed by atoms with E-state index < -0.39 is 0 Å². The van der Waals surface area contributed by atoms with Crippen molar-refractivity contribution < 1.29 is 20.1 Å². The lowest BCUT2D eigenvalue weighted by molar-refractivity contribution is 0.148. The summed E-state index contributed by atoms with van der Waals surface area (Å²) in [5.74, 6) is -0.241. The summed E-state index contributed by atoms with van der Waals surface area (Å²) in [6.07, 6.45) is 0.577. The van der Waals surface area contributed by atoms with E-state index >= 15 is 0 Å². The summed E-state index contributed by atoms with van der Waals surface area (Å²) >= 11 is 0. The molecule has 96 valence electrons. The number of hydrogen-bond donors (Lipinski definition) is 4. The largest absolute Gasteiger partial charge is 0.504 e. The number of aliphatic hydroxyl groups is 1. The molecule has 1 rings (SSSR count). The molecule has 1 unspecified atom stereocenters. The van der Waals surface area contributed by atoms with E-state index in [0.717, 1.165) is 0 Å². The first kappa shape index (κ1) is 13.8. The van der Waals surface area contributed by atoms with Crippen LogP contribution < -0.4 is 5.32 Å². The fourth-order valence-corrected chi connectivity index (χ4v) is 1.58. The molecule has 0 aliphatic carbocycles. The average Bonchev–Trinajstić information content (AvgIpc) is 2.31. The second-order valence-corrected chi connectivity index (χ2v) is 3.83. The van der Waals surface area contributed by atoms with Crippen molar-refractivity contribution in [2.75, 3.05) is 20.3 Å². The van der Waals surface area contributed by atoms with E-state index in [1.807, 2.05) is 0 Å². The molecule has 1 aromatic carbocycles. The van der Waals surface area contributed by atoms with Gasteiger partial charge in [0.2, 0.25) is 0 Å². The summed E-state index contributed by atoms with van der Waals surface area (Å²) in [7, 11) is 1.60. The molecule has 0 fully saturated rings. The fraction of sp³-hybridized carbons (Fsp3) is 0.500. The minimum atomic E-state index is -0.130. The number of methoxy groups -OCH3 is 1. The second kappa shape index (κ2) is 7.11. The predicted molar refractivity (Wildman–Crippen MR) is 64.0 cm³/mol. The predicted octanol–water partition coefficient (Wildman–Crippen LogP) is 0.585. The van der Waals surface area contributed by atoms with Crippen molar-refractivity contribution in [2.24, 2.45) is 0 Å². The van der Waals surface area contributed by atoms with Crippen LogP contribution in [0.25, 0.3) is 0 Å². The Hall–Kier alpha value is -1.30. The highest BCUT2D eigenvalue weighted by molar-refractivity contribution is 5.44. The molecule has 0 saturated heterocycles. The van der Waals surface area contributed by atoms with Gasteiger partial charge >= 0.3 is 0 Å². The summed E-state index contributed by atoms with van der Waals surface area (Å²) in [6, 6.07) is 4.85. The van der Waals surface area contributed by atoms with Crippen LogP contribution in [0.15, 0.2) is 18.2 Å². The third-order valence-corrected chi connectivity index (χ3v) is 2.52. The van der Waals surface area contributed by atoms with Gasteiger partial charge in [-0.2, -0.15) is 0 Å². The molecule has 0 amide bonds. The Balaban J connectivity index is 2.55. The first-order valence-corrected chi connectivity index (χ1v) is 5.52. The molecule has 17 heavy (non-hydrogen) atoms. The van der Waals surface area contributed by atoms with E-state index in [2.05, 4.69) is 5.32 Å². The number of hydrogen-bond acceptors (Lipinski definition) is 5. The second-order valence-electron chi connectivity index (χ2n) is 3.83. The molecule has 0 radical (unpaired) electrons. The fourth-order valence-electron chi connectivity index (χ4n) is 1.58. The quantitative estimate of drug-likeness (QED) is 0.525. The van der Waals surface area contributed by atoms with Gasteiger partial charge < -0.3 is 25.4 Å². The van der Waals surface area contributed by atoms with Gasteiger partial charge in [-0.15, -0.1) is 0 Å². The Kier molecular flexibility index (Phi) is 5.76. The lowest BCUT2D eigenvalue weighted by Gasteiger charge is -2.17. The number of aliphatic hydroxyl groups excluding tert-OH is 1. The Bertz CT molecular complexity index is 337. The van der Waals surface area contributed by atoms with Gasteiger partial charge in [0, 0.05) is 31.9 Å². The zero-order chi connectivity index (χ0) is 12.7. The van der Waals surface area contributed by atoms with E-state index in [0.29, 0.717) is 25.1 Å². The highest BCUT2D eigenvalue weighted by atomic mass is 16.5. The first-order chi connectivity index (χ1) is 8.19. The Labute approximate surface area is 101 Å². The molecule has 1 atom stereocenters. The van der Waals surface area contributed by atoms with Crippen LogP contribution in [0.3, 0.4) is 0 Å². The van der Waals surface area contributed by atoms with Crippen molar-refractivity contribution in [3.05, 3.63) is 23.8 Å². The molecule has 4 N–H and O–H groups in total. The number of aromatic hydroxyl groups is 2. The lowest BCUT2D eigenvalue weighted by Crippen LogP contribution is -2.33. The van der Waals surface area contributed by atoms with Crippen LogP contribution in [0.4, 0.5) is 0 Å². The monoisotopic (exact) mass is 241 g/mol. The van der Waals surface area contributed by atoms with Crippen LogP contribution >= 0.6 is 0 Å². The summed E-state index contributed by atoms with van der Waals surface area (Å²) < 4.78 is 5.01. The molecule has 0 heterocycles. The molecule has 0 saturated carbocycles. The molecular weight excluding hydrogens is 222 g/mol. The van der Waals surface area contributed by atoms with Gasteiger partial charge in [-0.05, 0) is 12.5 Å². The number of phenols is 2. The summed E-state index contributed by atoms with van der Waals surface area (Å²) in [5.41, 5.74) is 0.615. The van der Waals surface area contributed by atoms with Gasteiger partial charge in [0.25, 0.3) is 0 Å². The van der Waals surface area contributed by atoms with Crippen LogP contribution in [-0.4, -0.2) is 41.7 Å². The number of phenolic OH excluding ortho intramolecular Hbond substituents is 2. The van der Waals surface area contributed by atoms with Crippen molar-refractivity contribution in [3.8, 4) is 11.5 Å². The highest BCUT2D eigenvalue weighted by Crippen LogP contribution is 2.27. The van der Waals surface area contributed by atoms with Gasteiger partial charge in [-0.25, -0.2) is 0 Å². The standard InChI is InChI=1S/C12H19NO4/c1-17-8-10(5-6-14)13-7-9-3-2-4-11(15)12(9)16/h2-4,10,13-16H,5-8H2,1H3. The molecule has 5 heteroatoms.